The van der Waals surface area contributed by atoms with Gasteiger partial charge in [-0.25, -0.2) is 0 Å². The molecule has 0 bridgehead atoms. The lowest BCUT2D eigenvalue weighted by molar-refractivity contribution is 0.843. The standard InChI is InChI=1S/C10H19N5/c1-4-12-8-7-9(14-10(11)13-8)15(5-2)6-3/h7H,4-6H2,1-3H3,(H3,11,12,13,14). The highest BCUT2D eigenvalue weighted by Crippen LogP contribution is 2.16. The zero-order valence-electron chi connectivity index (χ0n) is 9.62. The van der Waals surface area contributed by atoms with E-state index in [2.05, 4.69) is 34.0 Å². The first-order valence-electron chi connectivity index (χ1n) is 5.34. The summed E-state index contributed by atoms with van der Waals surface area (Å²) in [4.78, 5) is 10.5. The fourth-order valence-corrected chi connectivity index (χ4v) is 1.43. The van der Waals surface area contributed by atoms with Crippen LogP contribution in [0, 0.1) is 0 Å². The van der Waals surface area contributed by atoms with Crippen LogP contribution in [0.4, 0.5) is 17.6 Å². The highest BCUT2D eigenvalue weighted by atomic mass is 15.2. The van der Waals surface area contributed by atoms with E-state index in [-0.39, 0.29) is 0 Å². The van der Waals surface area contributed by atoms with Crippen LogP contribution in [-0.2, 0) is 0 Å². The second-order valence-electron chi connectivity index (χ2n) is 3.17. The number of anilines is 3. The van der Waals surface area contributed by atoms with Gasteiger partial charge in [0, 0.05) is 25.7 Å². The largest absolute Gasteiger partial charge is 0.370 e. The van der Waals surface area contributed by atoms with Gasteiger partial charge < -0.3 is 16.0 Å². The fraction of sp³-hybridized carbons (Fsp3) is 0.600. The number of hydrogen-bond acceptors (Lipinski definition) is 5. The first kappa shape index (κ1) is 11.6. The number of rotatable bonds is 5. The SMILES string of the molecule is CCNc1cc(N(CC)CC)nc(N)n1. The van der Waals surface area contributed by atoms with Crippen molar-refractivity contribution in [3.63, 3.8) is 0 Å². The Bertz CT molecular complexity index is 309. The molecule has 0 amide bonds. The average Bonchev–Trinajstić information content (AvgIpc) is 2.19. The minimum absolute atomic E-state index is 0.315. The minimum Gasteiger partial charge on any atom is -0.370 e. The molecule has 3 N–H and O–H groups in total. The van der Waals surface area contributed by atoms with Crippen molar-refractivity contribution in [2.45, 2.75) is 20.8 Å². The second kappa shape index (κ2) is 5.38. The van der Waals surface area contributed by atoms with E-state index >= 15 is 0 Å². The third kappa shape index (κ3) is 2.97. The van der Waals surface area contributed by atoms with Crippen LogP contribution in [0.2, 0.25) is 0 Å². The van der Waals surface area contributed by atoms with E-state index in [1.54, 1.807) is 0 Å². The van der Waals surface area contributed by atoms with Crippen molar-refractivity contribution in [2.24, 2.45) is 0 Å². The summed E-state index contributed by atoms with van der Waals surface area (Å²) < 4.78 is 0. The summed E-state index contributed by atoms with van der Waals surface area (Å²) >= 11 is 0. The number of aromatic nitrogens is 2. The molecule has 0 spiro atoms. The van der Waals surface area contributed by atoms with Crippen molar-refractivity contribution >= 4 is 17.6 Å². The quantitative estimate of drug-likeness (QED) is 0.766. The molecule has 84 valence electrons. The lowest BCUT2D eigenvalue weighted by atomic mass is 10.4. The minimum atomic E-state index is 0.315. The molecule has 1 heterocycles. The zero-order chi connectivity index (χ0) is 11.3. The van der Waals surface area contributed by atoms with Crippen LogP contribution >= 0.6 is 0 Å². The molecule has 5 heteroatoms. The number of nitrogens with zero attached hydrogens (tertiary/aromatic N) is 3. The van der Waals surface area contributed by atoms with Gasteiger partial charge in [0.25, 0.3) is 0 Å². The maximum atomic E-state index is 5.65. The lowest BCUT2D eigenvalue weighted by Gasteiger charge is -2.20. The molecule has 5 nitrogen and oxygen atoms in total. The van der Waals surface area contributed by atoms with Crippen LogP contribution in [-0.4, -0.2) is 29.6 Å². The first-order chi connectivity index (χ1) is 7.21. The molecule has 0 aliphatic carbocycles. The molecular formula is C10H19N5. The summed E-state index contributed by atoms with van der Waals surface area (Å²) in [6.07, 6.45) is 0. The Hall–Kier alpha value is -1.52. The Labute approximate surface area is 90.7 Å². The van der Waals surface area contributed by atoms with E-state index in [0.29, 0.717) is 5.95 Å². The zero-order valence-corrected chi connectivity index (χ0v) is 9.62. The molecule has 0 unspecified atom stereocenters. The summed E-state index contributed by atoms with van der Waals surface area (Å²) in [6.45, 7) is 8.87. The Morgan fingerprint density at radius 3 is 2.47 bits per heavy atom. The molecule has 0 aliphatic heterocycles. The van der Waals surface area contributed by atoms with E-state index in [1.807, 2.05) is 13.0 Å². The number of nitrogens with two attached hydrogens (primary N) is 1. The van der Waals surface area contributed by atoms with E-state index < -0.39 is 0 Å². The van der Waals surface area contributed by atoms with Crippen molar-refractivity contribution in [1.82, 2.24) is 9.97 Å². The van der Waals surface area contributed by atoms with E-state index in [4.69, 9.17) is 5.73 Å². The number of nitrogens with one attached hydrogen (secondary N) is 1. The highest BCUT2D eigenvalue weighted by Gasteiger charge is 2.06. The van der Waals surface area contributed by atoms with Gasteiger partial charge in [0.15, 0.2) is 0 Å². The second-order valence-corrected chi connectivity index (χ2v) is 3.17. The third-order valence-electron chi connectivity index (χ3n) is 2.18. The van der Waals surface area contributed by atoms with Crippen molar-refractivity contribution in [1.29, 1.82) is 0 Å². The summed E-state index contributed by atoms with van der Waals surface area (Å²) in [5, 5.41) is 3.13. The molecule has 0 saturated heterocycles. The van der Waals surface area contributed by atoms with Crippen molar-refractivity contribution in [3.05, 3.63) is 6.07 Å². The third-order valence-corrected chi connectivity index (χ3v) is 2.18. The monoisotopic (exact) mass is 209 g/mol. The van der Waals surface area contributed by atoms with Crippen LogP contribution in [0.3, 0.4) is 0 Å². The first-order valence-corrected chi connectivity index (χ1v) is 5.34. The van der Waals surface area contributed by atoms with Crippen LogP contribution in [0.15, 0.2) is 6.07 Å². The molecular weight excluding hydrogens is 190 g/mol. The Kier molecular flexibility index (Phi) is 4.15. The van der Waals surface area contributed by atoms with Crippen LogP contribution in [0.5, 0.6) is 0 Å². The van der Waals surface area contributed by atoms with Crippen LogP contribution < -0.4 is 16.0 Å². The molecule has 0 aromatic carbocycles. The number of hydrogen-bond donors (Lipinski definition) is 2. The Morgan fingerprint density at radius 2 is 1.93 bits per heavy atom. The van der Waals surface area contributed by atoms with E-state index in [1.165, 1.54) is 0 Å². The van der Waals surface area contributed by atoms with Gasteiger partial charge in [0.05, 0.1) is 0 Å². The van der Waals surface area contributed by atoms with Crippen molar-refractivity contribution < 1.29 is 0 Å². The molecule has 0 aliphatic rings. The highest BCUT2D eigenvalue weighted by molar-refractivity contribution is 5.52. The van der Waals surface area contributed by atoms with Gasteiger partial charge in [0.1, 0.15) is 11.6 Å². The maximum Gasteiger partial charge on any atom is 0.223 e. The summed E-state index contributed by atoms with van der Waals surface area (Å²) in [7, 11) is 0. The topological polar surface area (TPSA) is 67.1 Å². The predicted molar refractivity (Wildman–Crippen MR) is 64.2 cm³/mol. The molecule has 0 saturated carbocycles. The average molecular weight is 209 g/mol. The maximum absolute atomic E-state index is 5.65. The Balaban J connectivity index is 2.96. The van der Waals surface area contributed by atoms with Gasteiger partial charge in [-0.15, -0.1) is 0 Å². The Morgan fingerprint density at radius 1 is 1.27 bits per heavy atom. The molecule has 0 radical (unpaired) electrons. The van der Waals surface area contributed by atoms with Crippen LogP contribution in [0.25, 0.3) is 0 Å². The van der Waals surface area contributed by atoms with Crippen molar-refractivity contribution in [3.8, 4) is 0 Å². The summed E-state index contributed by atoms with van der Waals surface area (Å²) in [5.41, 5.74) is 5.65. The molecule has 0 atom stereocenters. The predicted octanol–water partition coefficient (Wildman–Crippen LogP) is 1.34. The molecule has 15 heavy (non-hydrogen) atoms. The molecule has 1 aromatic heterocycles. The fourth-order valence-electron chi connectivity index (χ4n) is 1.43. The molecule has 0 fully saturated rings. The van der Waals surface area contributed by atoms with Gasteiger partial charge in [-0.3, -0.25) is 0 Å². The molecule has 1 rings (SSSR count). The van der Waals surface area contributed by atoms with Gasteiger partial charge in [-0.1, -0.05) is 0 Å². The lowest BCUT2D eigenvalue weighted by Crippen LogP contribution is -2.23. The number of nitrogen functional groups attached to an aromatic ring is 1. The summed E-state index contributed by atoms with van der Waals surface area (Å²) in [6, 6.07) is 1.92. The van der Waals surface area contributed by atoms with E-state index in [9.17, 15) is 0 Å². The normalized spacial score (nSPS) is 10.1. The van der Waals surface area contributed by atoms with Gasteiger partial charge in [0.2, 0.25) is 5.95 Å². The smallest absolute Gasteiger partial charge is 0.223 e. The molecule has 1 aromatic rings. The van der Waals surface area contributed by atoms with Crippen molar-refractivity contribution in [2.75, 3.05) is 35.6 Å². The summed E-state index contributed by atoms with van der Waals surface area (Å²) in [5.74, 6) is 1.98. The van der Waals surface area contributed by atoms with E-state index in [0.717, 1.165) is 31.3 Å². The van der Waals surface area contributed by atoms with Gasteiger partial charge in [-0.05, 0) is 20.8 Å². The van der Waals surface area contributed by atoms with Gasteiger partial charge >= 0.3 is 0 Å². The van der Waals surface area contributed by atoms with Gasteiger partial charge in [-0.2, -0.15) is 9.97 Å². The van der Waals surface area contributed by atoms with Crippen LogP contribution in [0.1, 0.15) is 20.8 Å².